The van der Waals surface area contributed by atoms with Crippen LogP contribution in [0, 0.1) is 11.3 Å². The third-order valence-electron chi connectivity index (χ3n) is 2.66. The molecule has 1 atom stereocenters. The molecule has 19 heavy (non-hydrogen) atoms. The van der Waals surface area contributed by atoms with Gasteiger partial charge in [-0.3, -0.25) is 0 Å². The topological polar surface area (TPSA) is 68.9 Å². The smallest absolute Gasteiger partial charge is 0.143 e. The van der Waals surface area contributed by atoms with Crippen molar-refractivity contribution in [1.82, 2.24) is 4.98 Å². The Balaban J connectivity index is 2.07. The fourth-order valence-corrected chi connectivity index (χ4v) is 1.95. The number of hydrogen-bond donors (Lipinski definition) is 2. The molecule has 0 aliphatic heterocycles. The van der Waals surface area contributed by atoms with E-state index in [9.17, 15) is 5.11 Å². The standard InChI is InChI=1S/C14H12ClN3O/c15-12-6-2-1-5-11(12)13(19)9-18-14-10(8-16)4-3-7-17-14/h1-7,13,19H,9H2,(H,17,18). The minimum absolute atomic E-state index is 0.232. The van der Waals surface area contributed by atoms with Gasteiger partial charge in [0.25, 0.3) is 0 Å². The van der Waals surface area contributed by atoms with Crippen molar-refractivity contribution in [3.8, 4) is 6.07 Å². The molecule has 0 spiro atoms. The average Bonchev–Trinajstić information content (AvgIpc) is 2.45. The van der Waals surface area contributed by atoms with E-state index in [0.29, 0.717) is 22.0 Å². The van der Waals surface area contributed by atoms with Crippen LogP contribution in [0.15, 0.2) is 42.6 Å². The highest BCUT2D eigenvalue weighted by Crippen LogP contribution is 2.23. The number of anilines is 1. The molecule has 0 aliphatic rings. The van der Waals surface area contributed by atoms with Crippen molar-refractivity contribution < 1.29 is 5.11 Å². The highest BCUT2D eigenvalue weighted by molar-refractivity contribution is 6.31. The van der Waals surface area contributed by atoms with E-state index < -0.39 is 6.10 Å². The monoisotopic (exact) mass is 273 g/mol. The summed E-state index contributed by atoms with van der Waals surface area (Å²) in [6.45, 7) is 0.232. The average molecular weight is 274 g/mol. The number of benzene rings is 1. The summed E-state index contributed by atoms with van der Waals surface area (Å²) in [5.74, 6) is 0.455. The van der Waals surface area contributed by atoms with E-state index in [-0.39, 0.29) is 6.54 Å². The number of halogens is 1. The van der Waals surface area contributed by atoms with Gasteiger partial charge in [0.2, 0.25) is 0 Å². The van der Waals surface area contributed by atoms with E-state index in [0.717, 1.165) is 0 Å². The number of nitrogens with one attached hydrogen (secondary N) is 1. The third-order valence-corrected chi connectivity index (χ3v) is 3.00. The molecular formula is C14H12ClN3O. The maximum atomic E-state index is 10.1. The van der Waals surface area contributed by atoms with Crippen LogP contribution in [0.3, 0.4) is 0 Å². The lowest BCUT2D eigenvalue weighted by molar-refractivity contribution is 0.191. The van der Waals surface area contributed by atoms with Gasteiger partial charge >= 0.3 is 0 Å². The van der Waals surface area contributed by atoms with Crippen LogP contribution in [0.1, 0.15) is 17.2 Å². The molecule has 2 aromatic rings. The first kappa shape index (κ1) is 13.3. The Bertz CT molecular complexity index is 610. The van der Waals surface area contributed by atoms with E-state index in [2.05, 4.69) is 10.3 Å². The van der Waals surface area contributed by atoms with Crippen molar-refractivity contribution in [2.75, 3.05) is 11.9 Å². The molecule has 0 radical (unpaired) electrons. The molecule has 2 N–H and O–H groups in total. The van der Waals surface area contributed by atoms with E-state index in [1.165, 1.54) is 0 Å². The van der Waals surface area contributed by atoms with Gasteiger partial charge in [0.05, 0.1) is 11.7 Å². The largest absolute Gasteiger partial charge is 0.387 e. The molecule has 1 aromatic heterocycles. The van der Waals surface area contributed by atoms with Crippen molar-refractivity contribution in [2.24, 2.45) is 0 Å². The molecule has 0 saturated carbocycles. The Labute approximate surface area is 116 Å². The number of aromatic nitrogens is 1. The predicted octanol–water partition coefficient (Wildman–Crippen LogP) is 2.75. The summed E-state index contributed by atoms with van der Waals surface area (Å²) >= 11 is 6.00. The van der Waals surface area contributed by atoms with Crippen LogP contribution in [0.2, 0.25) is 5.02 Å². The van der Waals surface area contributed by atoms with E-state index in [1.807, 2.05) is 12.1 Å². The summed E-state index contributed by atoms with van der Waals surface area (Å²) in [6, 6.07) is 12.5. The lowest BCUT2D eigenvalue weighted by Crippen LogP contribution is -2.14. The Hall–Kier alpha value is -2.09. The molecule has 0 fully saturated rings. The van der Waals surface area contributed by atoms with Gasteiger partial charge in [-0.15, -0.1) is 0 Å². The van der Waals surface area contributed by atoms with Crippen LogP contribution < -0.4 is 5.32 Å². The number of hydrogen-bond acceptors (Lipinski definition) is 4. The van der Waals surface area contributed by atoms with Crippen LogP contribution in [0.5, 0.6) is 0 Å². The Morgan fingerprint density at radius 3 is 2.84 bits per heavy atom. The number of pyridine rings is 1. The molecule has 1 aromatic carbocycles. The molecule has 0 aliphatic carbocycles. The van der Waals surface area contributed by atoms with Crippen molar-refractivity contribution in [3.05, 3.63) is 58.7 Å². The Kier molecular flexibility index (Phi) is 4.35. The second kappa shape index (κ2) is 6.19. The molecule has 5 heteroatoms. The summed E-state index contributed by atoms with van der Waals surface area (Å²) in [5, 5.41) is 22.5. The lowest BCUT2D eigenvalue weighted by atomic mass is 10.1. The van der Waals surface area contributed by atoms with Gasteiger partial charge < -0.3 is 10.4 Å². The molecule has 1 heterocycles. The lowest BCUT2D eigenvalue weighted by Gasteiger charge is -2.14. The van der Waals surface area contributed by atoms with Crippen LogP contribution in [0.25, 0.3) is 0 Å². The number of aliphatic hydroxyl groups excluding tert-OH is 1. The second-order valence-corrected chi connectivity index (χ2v) is 4.34. The number of nitrogens with zero attached hydrogens (tertiary/aromatic N) is 2. The van der Waals surface area contributed by atoms with Crippen LogP contribution in [0.4, 0.5) is 5.82 Å². The fraction of sp³-hybridized carbons (Fsp3) is 0.143. The Morgan fingerprint density at radius 2 is 2.11 bits per heavy atom. The normalized spacial score (nSPS) is 11.6. The number of aliphatic hydroxyl groups is 1. The molecule has 0 bridgehead atoms. The number of nitriles is 1. The summed E-state index contributed by atoms with van der Waals surface area (Å²) in [4.78, 5) is 4.06. The fourth-order valence-electron chi connectivity index (χ4n) is 1.69. The zero-order valence-electron chi connectivity index (χ0n) is 10.0. The first-order valence-electron chi connectivity index (χ1n) is 5.74. The van der Waals surface area contributed by atoms with E-state index in [1.54, 1.807) is 36.5 Å². The van der Waals surface area contributed by atoms with Crippen LogP contribution in [-0.4, -0.2) is 16.6 Å². The first-order chi connectivity index (χ1) is 9.22. The summed E-state index contributed by atoms with van der Waals surface area (Å²) in [7, 11) is 0. The van der Waals surface area contributed by atoms with Gasteiger partial charge in [-0.05, 0) is 18.2 Å². The third kappa shape index (κ3) is 3.22. The van der Waals surface area contributed by atoms with Crippen molar-refractivity contribution in [2.45, 2.75) is 6.10 Å². The molecule has 0 saturated heterocycles. The van der Waals surface area contributed by atoms with Gasteiger partial charge in [0, 0.05) is 23.3 Å². The second-order valence-electron chi connectivity index (χ2n) is 3.93. The van der Waals surface area contributed by atoms with Crippen molar-refractivity contribution in [3.63, 3.8) is 0 Å². The zero-order valence-corrected chi connectivity index (χ0v) is 10.8. The molecule has 96 valence electrons. The zero-order chi connectivity index (χ0) is 13.7. The molecular weight excluding hydrogens is 262 g/mol. The van der Waals surface area contributed by atoms with Crippen LogP contribution in [-0.2, 0) is 0 Å². The SMILES string of the molecule is N#Cc1cccnc1NCC(O)c1ccccc1Cl. The molecule has 1 unspecified atom stereocenters. The highest BCUT2D eigenvalue weighted by Gasteiger charge is 2.11. The van der Waals surface area contributed by atoms with Crippen molar-refractivity contribution >= 4 is 17.4 Å². The van der Waals surface area contributed by atoms with Gasteiger partial charge in [0.15, 0.2) is 0 Å². The van der Waals surface area contributed by atoms with Crippen LogP contribution >= 0.6 is 11.6 Å². The number of rotatable bonds is 4. The molecule has 0 amide bonds. The molecule has 2 rings (SSSR count). The predicted molar refractivity (Wildman–Crippen MR) is 73.9 cm³/mol. The quantitative estimate of drug-likeness (QED) is 0.899. The van der Waals surface area contributed by atoms with Crippen molar-refractivity contribution in [1.29, 1.82) is 5.26 Å². The van der Waals surface area contributed by atoms with Gasteiger partial charge in [-0.2, -0.15) is 5.26 Å². The van der Waals surface area contributed by atoms with Gasteiger partial charge in [-0.25, -0.2) is 4.98 Å². The van der Waals surface area contributed by atoms with Gasteiger partial charge in [-0.1, -0.05) is 29.8 Å². The van der Waals surface area contributed by atoms with E-state index in [4.69, 9.17) is 16.9 Å². The summed E-state index contributed by atoms with van der Waals surface area (Å²) < 4.78 is 0. The highest BCUT2D eigenvalue weighted by atomic mass is 35.5. The maximum Gasteiger partial charge on any atom is 0.143 e. The summed E-state index contributed by atoms with van der Waals surface area (Å²) in [6.07, 6.45) is 0.827. The molecule has 4 nitrogen and oxygen atoms in total. The minimum atomic E-state index is -0.762. The maximum absolute atomic E-state index is 10.1. The summed E-state index contributed by atoms with van der Waals surface area (Å²) in [5.41, 5.74) is 1.08. The first-order valence-corrected chi connectivity index (χ1v) is 6.11. The van der Waals surface area contributed by atoms with E-state index >= 15 is 0 Å². The Morgan fingerprint density at radius 1 is 1.32 bits per heavy atom. The van der Waals surface area contributed by atoms with Gasteiger partial charge in [0.1, 0.15) is 11.9 Å². The minimum Gasteiger partial charge on any atom is -0.387 e.